The Morgan fingerprint density at radius 1 is 1.33 bits per heavy atom. The maximum atomic E-state index is 12.5. The van der Waals surface area contributed by atoms with Gasteiger partial charge in [-0.3, -0.25) is 4.79 Å². The number of carbonyl (C=O) groups is 1. The van der Waals surface area contributed by atoms with Gasteiger partial charge in [0.1, 0.15) is 5.75 Å². The predicted molar refractivity (Wildman–Crippen MR) is 80.3 cm³/mol. The summed E-state index contributed by atoms with van der Waals surface area (Å²) >= 11 is 0. The van der Waals surface area contributed by atoms with Crippen LogP contribution < -0.4 is 4.74 Å². The van der Waals surface area contributed by atoms with Crippen LogP contribution in [0.2, 0.25) is 0 Å². The maximum Gasteiger partial charge on any atom is 0.260 e. The number of para-hydroxylation sites is 1. The van der Waals surface area contributed by atoms with E-state index < -0.39 is 0 Å². The summed E-state index contributed by atoms with van der Waals surface area (Å²) in [7, 11) is 0. The van der Waals surface area contributed by atoms with Crippen LogP contribution in [0.3, 0.4) is 0 Å². The molecule has 0 spiro atoms. The monoisotopic (exact) mass is 289 g/mol. The lowest BCUT2D eigenvalue weighted by Crippen LogP contribution is -2.40. The van der Waals surface area contributed by atoms with Crippen LogP contribution in [0, 0.1) is 12.8 Å². The summed E-state index contributed by atoms with van der Waals surface area (Å²) in [6.07, 6.45) is 3.32. The van der Waals surface area contributed by atoms with Crippen LogP contribution >= 0.6 is 0 Å². The highest BCUT2D eigenvalue weighted by molar-refractivity contribution is 5.78. The first-order valence-electron chi connectivity index (χ1n) is 7.79. The van der Waals surface area contributed by atoms with Crippen molar-refractivity contribution in [1.29, 1.82) is 0 Å². The van der Waals surface area contributed by atoms with Gasteiger partial charge in [-0.2, -0.15) is 0 Å². The van der Waals surface area contributed by atoms with Gasteiger partial charge in [0.15, 0.2) is 6.61 Å². The van der Waals surface area contributed by atoms with Crippen molar-refractivity contribution in [2.24, 2.45) is 5.92 Å². The van der Waals surface area contributed by atoms with Crippen LogP contribution in [0.15, 0.2) is 24.3 Å². The van der Waals surface area contributed by atoms with E-state index >= 15 is 0 Å². The highest BCUT2D eigenvalue weighted by Crippen LogP contribution is 2.29. The first kappa shape index (κ1) is 14.4. The van der Waals surface area contributed by atoms with Gasteiger partial charge in [0.2, 0.25) is 0 Å². The molecule has 1 unspecified atom stereocenters. The van der Waals surface area contributed by atoms with E-state index in [4.69, 9.17) is 9.47 Å². The molecule has 21 heavy (non-hydrogen) atoms. The molecule has 1 saturated carbocycles. The fourth-order valence-corrected chi connectivity index (χ4v) is 2.79. The molecule has 4 nitrogen and oxygen atoms in total. The summed E-state index contributed by atoms with van der Waals surface area (Å²) in [6.45, 7) is 4.57. The van der Waals surface area contributed by atoms with Crippen LogP contribution in [-0.4, -0.2) is 43.2 Å². The van der Waals surface area contributed by atoms with Crippen molar-refractivity contribution in [2.45, 2.75) is 32.2 Å². The van der Waals surface area contributed by atoms with E-state index in [0.29, 0.717) is 12.0 Å². The van der Waals surface area contributed by atoms with Gasteiger partial charge >= 0.3 is 0 Å². The Morgan fingerprint density at radius 3 is 2.81 bits per heavy atom. The molecule has 4 heteroatoms. The molecule has 1 amide bonds. The molecule has 2 aliphatic rings. The first-order chi connectivity index (χ1) is 10.2. The van der Waals surface area contributed by atoms with Gasteiger partial charge in [-0.1, -0.05) is 18.2 Å². The van der Waals surface area contributed by atoms with Crippen LogP contribution in [0.5, 0.6) is 5.75 Å². The average molecular weight is 289 g/mol. The van der Waals surface area contributed by atoms with Crippen molar-refractivity contribution in [2.75, 3.05) is 26.4 Å². The summed E-state index contributed by atoms with van der Waals surface area (Å²) < 4.78 is 11.1. The van der Waals surface area contributed by atoms with E-state index in [1.54, 1.807) is 0 Å². The van der Waals surface area contributed by atoms with Crippen molar-refractivity contribution in [3.05, 3.63) is 29.8 Å². The summed E-state index contributed by atoms with van der Waals surface area (Å²) in [5.41, 5.74) is 1.06. The molecular formula is C17H23NO3. The average Bonchev–Trinajstić information content (AvgIpc) is 3.20. The minimum atomic E-state index is 0.104. The Morgan fingerprint density at radius 2 is 2.14 bits per heavy atom. The van der Waals surface area contributed by atoms with Crippen LogP contribution in [-0.2, 0) is 9.53 Å². The van der Waals surface area contributed by atoms with Crippen molar-refractivity contribution in [3.8, 4) is 5.75 Å². The van der Waals surface area contributed by atoms with Gasteiger partial charge in [-0.05, 0) is 37.8 Å². The smallest absolute Gasteiger partial charge is 0.260 e. The van der Waals surface area contributed by atoms with Gasteiger partial charge in [0, 0.05) is 25.1 Å². The summed E-state index contributed by atoms with van der Waals surface area (Å²) in [4.78, 5) is 14.5. The number of ether oxygens (including phenoxy) is 2. The third kappa shape index (κ3) is 3.76. The normalized spacial score (nSPS) is 21.3. The fraction of sp³-hybridized carbons (Fsp3) is 0.588. The predicted octanol–water partition coefficient (Wildman–Crippen LogP) is 2.40. The molecule has 114 valence electrons. The van der Waals surface area contributed by atoms with E-state index in [9.17, 15) is 4.79 Å². The fourth-order valence-electron chi connectivity index (χ4n) is 2.79. The Kier molecular flexibility index (Phi) is 4.44. The SMILES string of the molecule is Cc1ccccc1OCC(=O)N(CC1CCOC1)C1CC1. The van der Waals surface area contributed by atoms with Gasteiger partial charge in [-0.15, -0.1) is 0 Å². The lowest BCUT2D eigenvalue weighted by molar-refractivity contribution is -0.134. The molecule has 1 heterocycles. The van der Waals surface area contributed by atoms with E-state index in [1.165, 1.54) is 0 Å². The highest BCUT2D eigenvalue weighted by atomic mass is 16.5. The quantitative estimate of drug-likeness (QED) is 0.807. The number of hydrogen-bond acceptors (Lipinski definition) is 3. The lowest BCUT2D eigenvalue weighted by Gasteiger charge is -2.25. The number of hydrogen-bond donors (Lipinski definition) is 0. The lowest BCUT2D eigenvalue weighted by atomic mass is 10.1. The Labute approximate surface area is 126 Å². The summed E-state index contributed by atoms with van der Waals surface area (Å²) in [5, 5.41) is 0. The third-order valence-corrected chi connectivity index (χ3v) is 4.23. The van der Waals surface area contributed by atoms with Crippen molar-refractivity contribution in [3.63, 3.8) is 0 Å². The second kappa shape index (κ2) is 6.48. The van der Waals surface area contributed by atoms with Crippen molar-refractivity contribution >= 4 is 5.91 Å². The Hall–Kier alpha value is -1.55. The van der Waals surface area contributed by atoms with Crippen LogP contribution in [0.4, 0.5) is 0 Å². The minimum Gasteiger partial charge on any atom is -0.484 e. The largest absolute Gasteiger partial charge is 0.484 e. The zero-order valence-electron chi connectivity index (χ0n) is 12.6. The molecule has 1 aliphatic heterocycles. The molecule has 1 aromatic rings. The molecule has 3 rings (SSSR count). The van der Waals surface area contributed by atoms with E-state index in [0.717, 1.165) is 50.3 Å². The first-order valence-corrected chi connectivity index (χ1v) is 7.79. The third-order valence-electron chi connectivity index (χ3n) is 4.23. The zero-order chi connectivity index (χ0) is 14.7. The van der Waals surface area contributed by atoms with Crippen LogP contribution in [0.25, 0.3) is 0 Å². The van der Waals surface area contributed by atoms with Gasteiger partial charge in [-0.25, -0.2) is 0 Å². The molecule has 1 aromatic carbocycles. The number of amides is 1. The molecule has 0 radical (unpaired) electrons. The topological polar surface area (TPSA) is 38.8 Å². The van der Waals surface area contributed by atoms with E-state index in [-0.39, 0.29) is 12.5 Å². The summed E-state index contributed by atoms with van der Waals surface area (Å²) in [5.74, 6) is 1.39. The second-order valence-electron chi connectivity index (χ2n) is 6.06. The number of carbonyl (C=O) groups excluding carboxylic acids is 1. The van der Waals surface area contributed by atoms with Crippen LogP contribution in [0.1, 0.15) is 24.8 Å². The molecule has 1 atom stereocenters. The van der Waals surface area contributed by atoms with E-state index in [1.807, 2.05) is 36.1 Å². The van der Waals surface area contributed by atoms with Gasteiger partial charge in [0.25, 0.3) is 5.91 Å². The molecule has 1 saturated heterocycles. The van der Waals surface area contributed by atoms with Gasteiger partial charge in [0.05, 0.1) is 6.61 Å². The summed E-state index contributed by atoms with van der Waals surface area (Å²) in [6, 6.07) is 8.24. The highest BCUT2D eigenvalue weighted by Gasteiger charge is 2.34. The molecule has 2 fully saturated rings. The maximum absolute atomic E-state index is 12.5. The standard InChI is InChI=1S/C17H23NO3/c1-13-4-2-3-5-16(13)21-12-17(19)18(15-6-7-15)10-14-8-9-20-11-14/h2-5,14-15H,6-12H2,1H3. The molecule has 0 aromatic heterocycles. The minimum absolute atomic E-state index is 0.104. The molecule has 1 aliphatic carbocycles. The van der Waals surface area contributed by atoms with Crippen molar-refractivity contribution in [1.82, 2.24) is 4.90 Å². The molecule has 0 N–H and O–H groups in total. The van der Waals surface area contributed by atoms with E-state index in [2.05, 4.69) is 0 Å². The number of nitrogens with zero attached hydrogens (tertiary/aromatic N) is 1. The second-order valence-corrected chi connectivity index (χ2v) is 6.06. The number of aryl methyl sites for hydroxylation is 1. The van der Waals surface area contributed by atoms with Gasteiger partial charge < -0.3 is 14.4 Å². The zero-order valence-corrected chi connectivity index (χ0v) is 12.6. The van der Waals surface area contributed by atoms with Crippen molar-refractivity contribution < 1.29 is 14.3 Å². The molecule has 0 bridgehead atoms. The number of rotatable bonds is 6. The molecular weight excluding hydrogens is 266 g/mol. The Balaban J connectivity index is 1.55. The Bertz CT molecular complexity index is 493. The number of benzene rings is 1.